The van der Waals surface area contributed by atoms with E-state index in [1.165, 1.54) is 24.3 Å². The van der Waals surface area contributed by atoms with E-state index in [1.54, 1.807) is 30.5 Å². The Hall–Kier alpha value is -3.71. The summed E-state index contributed by atoms with van der Waals surface area (Å²) in [4.78, 5) is 21.3. The molecule has 1 aliphatic heterocycles. The van der Waals surface area contributed by atoms with Gasteiger partial charge >= 0.3 is 11.9 Å². The van der Waals surface area contributed by atoms with Crippen molar-refractivity contribution in [2.75, 3.05) is 32.5 Å². The summed E-state index contributed by atoms with van der Waals surface area (Å²) >= 11 is 0. The summed E-state index contributed by atoms with van der Waals surface area (Å²) in [5.41, 5.74) is -0.0733. The van der Waals surface area contributed by atoms with Crippen LogP contribution >= 0.6 is 0 Å². The number of halogens is 2. The maximum atomic E-state index is 13.6. The van der Waals surface area contributed by atoms with Crippen molar-refractivity contribution in [1.82, 2.24) is 4.90 Å². The number of aliphatic carboxylic acids is 2. The second kappa shape index (κ2) is 16.1. The van der Waals surface area contributed by atoms with Gasteiger partial charge in [0.05, 0.1) is 6.61 Å². The van der Waals surface area contributed by atoms with Crippen molar-refractivity contribution < 1.29 is 48.1 Å². The first-order chi connectivity index (χ1) is 19.5. The average Bonchev–Trinajstić information content (AvgIpc) is 2.96. The second-order valence-electron chi connectivity index (χ2n) is 9.63. The van der Waals surface area contributed by atoms with Gasteiger partial charge in [-0.2, -0.15) is 0 Å². The first kappa shape index (κ1) is 34.5. The van der Waals surface area contributed by atoms with E-state index in [4.69, 9.17) is 24.5 Å². The molecule has 1 atom stereocenters. The molecule has 4 rings (SSSR count). The van der Waals surface area contributed by atoms with Gasteiger partial charge in [0.2, 0.25) is 0 Å². The summed E-state index contributed by atoms with van der Waals surface area (Å²) in [6, 6.07) is 19.2. The maximum absolute atomic E-state index is 13.6. The highest BCUT2D eigenvalue weighted by Crippen LogP contribution is 2.42. The SMILES string of the molecule is CS(=O)c1ccc(OCCCN2CCC(C(O)(c3ccc(F)cc3)c3ccc(F)cc3)CC2)cc1.O.O=C(O)C(=O)O. The molecule has 3 aromatic carbocycles. The van der Waals surface area contributed by atoms with Crippen LogP contribution in [0.1, 0.15) is 30.4 Å². The van der Waals surface area contributed by atoms with Crippen LogP contribution in [0, 0.1) is 17.6 Å². The van der Waals surface area contributed by atoms with Gasteiger partial charge in [0.15, 0.2) is 0 Å². The number of benzene rings is 3. The Balaban J connectivity index is 0.000000798. The third-order valence-electron chi connectivity index (χ3n) is 6.97. The number of hydrogen-bond donors (Lipinski definition) is 3. The van der Waals surface area contributed by atoms with Crippen LogP contribution in [0.4, 0.5) is 8.78 Å². The smallest absolute Gasteiger partial charge is 0.414 e. The first-order valence-electron chi connectivity index (χ1n) is 13.0. The van der Waals surface area contributed by atoms with Crippen LogP contribution in [0.25, 0.3) is 0 Å². The van der Waals surface area contributed by atoms with Crippen LogP contribution in [-0.2, 0) is 26.0 Å². The number of nitrogens with zero attached hydrogens (tertiary/aromatic N) is 1. The zero-order chi connectivity index (χ0) is 30.0. The standard InChI is InChI=1S/C28H31F2NO3S.C2H2O4.H2O/c1-35(33)27-13-11-26(12-14-27)34-20-2-17-31-18-15-23(16-19-31)28(32,21-3-7-24(29)8-4-21)22-5-9-25(30)10-6-22;3-1(4)2(5)6;/h3-14,23,32H,2,15-20H2,1H3;(H,3,4)(H,5,6);1H2. The molecular formula is C30H35F2NO8S. The maximum Gasteiger partial charge on any atom is 0.414 e. The second-order valence-corrected chi connectivity index (χ2v) is 11.0. The van der Waals surface area contributed by atoms with E-state index in [-0.39, 0.29) is 23.0 Å². The molecular weight excluding hydrogens is 572 g/mol. The fourth-order valence-electron chi connectivity index (χ4n) is 4.83. The van der Waals surface area contributed by atoms with Gasteiger partial charge in [0.25, 0.3) is 0 Å². The summed E-state index contributed by atoms with van der Waals surface area (Å²) in [6.07, 6.45) is 4.05. The molecule has 1 saturated heterocycles. The van der Waals surface area contributed by atoms with E-state index in [1.807, 2.05) is 24.3 Å². The van der Waals surface area contributed by atoms with Crippen molar-refractivity contribution in [1.29, 1.82) is 0 Å². The van der Waals surface area contributed by atoms with Gasteiger partial charge in [-0.15, -0.1) is 0 Å². The molecule has 42 heavy (non-hydrogen) atoms. The van der Waals surface area contributed by atoms with Crippen molar-refractivity contribution in [3.63, 3.8) is 0 Å². The molecule has 0 aliphatic carbocycles. The number of ether oxygens (including phenoxy) is 1. The lowest BCUT2D eigenvalue weighted by molar-refractivity contribution is -0.159. The van der Waals surface area contributed by atoms with Crippen LogP contribution < -0.4 is 4.74 Å². The van der Waals surface area contributed by atoms with Gasteiger partial charge < -0.3 is 30.4 Å². The molecule has 228 valence electrons. The Kier molecular flexibility index (Phi) is 13.2. The number of piperidine rings is 1. The lowest BCUT2D eigenvalue weighted by Gasteiger charge is -2.42. The third-order valence-corrected chi connectivity index (χ3v) is 7.91. The van der Waals surface area contributed by atoms with Crippen molar-refractivity contribution in [2.45, 2.75) is 29.8 Å². The van der Waals surface area contributed by atoms with Gasteiger partial charge in [0.1, 0.15) is 23.0 Å². The number of likely N-dealkylation sites (tertiary alicyclic amines) is 1. The number of carbonyl (C=O) groups is 2. The minimum absolute atomic E-state index is 0. The van der Waals surface area contributed by atoms with Gasteiger partial charge in [0, 0.05) is 28.5 Å². The molecule has 0 amide bonds. The minimum Gasteiger partial charge on any atom is -0.494 e. The van der Waals surface area contributed by atoms with Crippen molar-refractivity contribution >= 4 is 22.7 Å². The summed E-state index contributed by atoms with van der Waals surface area (Å²) in [5.74, 6) is -3.67. The predicted octanol–water partition coefficient (Wildman–Crippen LogP) is 3.45. The van der Waals surface area contributed by atoms with E-state index in [0.29, 0.717) is 17.7 Å². The van der Waals surface area contributed by atoms with Crippen molar-refractivity contribution in [3.05, 3.63) is 95.6 Å². The van der Waals surface area contributed by atoms with Gasteiger partial charge in [-0.1, -0.05) is 24.3 Å². The van der Waals surface area contributed by atoms with Gasteiger partial charge in [-0.3, -0.25) is 4.21 Å². The lowest BCUT2D eigenvalue weighted by atomic mass is 9.72. The summed E-state index contributed by atoms with van der Waals surface area (Å²) < 4.78 is 44.4. The quantitative estimate of drug-likeness (QED) is 0.247. The topological polar surface area (TPSA) is 156 Å². The Morgan fingerprint density at radius 2 is 1.33 bits per heavy atom. The zero-order valence-corrected chi connectivity index (χ0v) is 23.9. The Morgan fingerprint density at radius 1 is 0.881 bits per heavy atom. The van der Waals surface area contributed by atoms with Gasteiger partial charge in [-0.25, -0.2) is 18.4 Å². The van der Waals surface area contributed by atoms with Crippen LogP contribution in [0.5, 0.6) is 5.75 Å². The van der Waals surface area contributed by atoms with E-state index in [9.17, 15) is 18.1 Å². The molecule has 0 saturated carbocycles. The molecule has 1 fully saturated rings. The summed E-state index contributed by atoms with van der Waals surface area (Å²) in [7, 11) is -0.998. The highest BCUT2D eigenvalue weighted by atomic mass is 32.2. The molecule has 0 bridgehead atoms. The molecule has 1 aliphatic rings. The normalized spacial score (nSPS) is 14.6. The average molecular weight is 608 g/mol. The molecule has 3 aromatic rings. The van der Waals surface area contributed by atoms with Gasteiger partial charge in [-0.05, 0) is 97.9 Å². The Labute approximate surface area is 245 Å². The zero-order valence-electron chi connectivity index (χ0n) is 23.0. The molecule has 1 unspecified atom stereocenters. The molecule has 9 nitrogen and oxygen atoms in total. The number of hydrogen-bond acceptors (Lipinski definition) is 6. The number of carboxylic acid groups (broad SMARTS) is 2. The van der Waals surface area contributed by atoms with Crippen LogP contribution in [0.15, 0.2) is 77.7 Å². The van der Waals surface area contributed by atoms with Crippen molar-refractivity contribution in [3.8, 4) is 5.75 Å². The monoisotopic (exact) mass is 607 g/mol. The van der Waals surface area contributed by atoms with E-state index in [0.717, 1.165) is 49.5 Å². The lowest BCUT2D eigenvalue weighted by Crippen LogP contribution is -2.44. The largest absolute Gasteiger partial charge is 0.494 e. The summed E-state index contributed by atoms with van der Waals surface area (Å²) in [6.45, 7) is 3.12. The first-order valence-corrected chi connectivity index (χ1v) is 14.6. The fourth-order valence-corrected chi connectivity index (χ4v) is 5.35. The van der Waals surface area contributed by atoms with E-state index < -0.39 is 28.3 Å². The molecule has 1 heterocycles. The van der Waals surface area contributed by atoms with Crippen LogP contribution in [0.2, 0.25) is 0 Å². The van der Waals surface area contributed by atoms with E-state index in [2.05, 4.69) is 4.90 Å². The molecule has 5 N–H and O–H groups in total. The Morgan fingerprint density at radius 3 is 1.74 bits per heavy atom. The van der Waals surface area contributed by atoms with Crippen molar-refractivity contribution in [2.24, 2.45) is 5.92 Å². The summed E-state index contributed by atoms with van der Waals surface area (Å²) in [5, 5.41) is 26.7. The molecule has 0 aromatic heterocycles. The number of aliphatic hydroxyl groups is 1. The van der Waals surface area contributed by atoms with Crippen LogP contribution in [-0.4, -0.2) is 74.3 Å². The Bertz CT molecular complexity index is 1260. The highest BCUT2D eigenvalue weighted by molar-refractivity contribution is 7.84. The molecule has 12 heteroatoms. The molecule has 0 spiro atoms. The third kappa shape index (κ3) is 9.41. The minimum atomic E-state index is -1.82. The highest BCUT2D eigenvalue weighted by Gasteiger charge is 2.41. The number of rotatable bonds is 9. The van der Waals surface area contributed by atoms with Crippen LogP contribution in [0.3, 0.4) is 0 Å². The fraction of sp³-hybridized carbons (Fsp3) is 0.333. The predicted molar refractivity (Wildman–Crippen MR) is 153 cm³/mol. The molecule has 0 radical (unpaired) electrons. The number of carboxylic acids is 2. The van der Waals surface area contributed by atoms with E-state index >= 15 is 0 Å².